The maximum atomic E-state index is 13.2. The molecule has 0 aliphatic carbocycles. The van der Waals surface area contributed by atoms with Crippen molar-refractivity contribution in [3.05, 3.63) is 28.5 Å². The lowest BCUT2D eigenvalue weighted by molar-refractivity contribution is -0.146. The summed E-state index contributed by atoms with van der Waals surface area (Å²) in [6, 6.07) is 4.74. The Morgan fingerprint density at radius 3 is 2.88 bits per heavy atom. The Morgan fingerprint density at radius 1 is 1.59 bits per heavy atom. The van der Waals surface area contributed by atoms with Crippen LogP contribution in [0.4, 0.5) is 10.1 Å². The van der Waals surface area contributed by atoms with Gasteiger partial charge in [-0.05, 0) is 41.1 Å². The molecule has 0 aromatic heterocycles. The van der Waals surface area contributed by atoms with Crippen molar-refractivity contribution in [3.8, 4) is 0 Å². The van der Waals surface area contributed by atoms with Crippen LogP contribution in [0.25, 0.3) is 0 Å². The fourth-order valence-corrected chi connectivity index (χ4v) is 1.49. The van der Waals surface area contributed by atoms with Gasteiger partial charge in [0.2, 0.25) is 0 Å². The van der Waals surface area contributed by atoms with Gasteiger partial charge in [0.25, 0.3) is 0 Å². The summed E-state index contributed by atoms with van der Waals surface area (Å²) in [5, 5.41) is 2.99. The Morgan fingerprint density at radius 2 is 2.29 bits per heavy atom. The third-order valence-electron chi connectivity index (χ3n) is 2.22. The second-order valence-corrected chi connectivity index (χ2v) is 4.52. The summed E-state index contributed by atoms with van der Waals surface area (Å²) in [7, 11) is 0. The van der Waals surface area contributed by atoms with Crippen LogP contribution >= 0.6 is 15.9 Å². The third kappa shape index (κ3) is 4.34. The van der Waals surface area contributed by atoms with E-state index in [4.69, 9.17) is 4.74 Å². The molecule has 1 atom stereocenters. The highest BCUT2D eigenvalue weighted by molar-refractivity contribution is 9.10. The lowest BCUT2D eigenvalue weighted by Crippen LogP contribution is -2.22. The lowest BCUT2D eigenvalue weighted by atomic mass is 10.2. The molecule has 1 unspecified atom stereocenters. The Kier molecular flexibility index (Phi) is 5.41. The number of hydrogen-bond acceptors (Lipinski definition) is 3. The van der Waals surface area contributed by atoms with Gasteiger partial charge in [0.1, 0.15) is 5.82 Å². The SMILES string of the molecule is CCOC(=O)C(C)CNc1ccc(Br)c(F)c1. The molecule has 1 aromatic rings. The van der Waals surface area contributed by atoms with E-state index in [2.05, 4.69) is 21.2 Å². The van der Waals surface area contributed by atoms with Gasteiger partial charge < -0.3 is 10.1 Å². The van der Waals surface area contributed by atoms with Crippen LogP contribution < -0.4 is 5.32 Å². The molecule has 1 N–H and O–H groups in total. The maximum Gasteiger partial charge on any atom is 0.310 e. The zero-order valence-electron chi connectivity index (χ0n) is 9.80. The monoisotopic (exact) mass is 303 g/mol. The Labute approximate surface area is 108 Å². The minimum absolute atomic E-state index is 0.252. The van der Waals surface area contributed by atoms with Crippen LogP contribution in [0.1, 0.15) is 13.8 Å². The van der Waals surface area contributed by atoms with E-state index in [1.165, 1.54) is 6.07 Å². The molecule has 1 rings (SSSR count). The van der Waals surface area contributed by atoms with Crippen molar-refractivity contribution >= 4 is 27.6 Å². The van der Waals surface area contributed by atoms with Crippen molar-refractivity contribution in [1.29, 1.82) is 0 Å². The highest BCUT2D eigenvalue weighted by Gasteiger charge is 2.13. The Balaban J connectivity index is 2.50. The first kappa shape index (κ1) is 14.0. The van der Waals surface area contributed by atoms with Crippen molar-refractivity contribution in [2.45, 2.75) is 13.8 Å². The van der Waals surface area contributed by atoms with E-state index >= 15 is 0 Å². The molecule has 17 heavy (non-hydrogen) atoms. The third-order valence-corrected chi connectivity index (χ3v) is 2.86. The van der Waals surface area contributed by atoms with E-state index in [-0.39, 0.29) is 17.7 Å². The summed E-state index contributed by atoms with van der Waals surface area (Å²) in [4.78, 5) is 11.3. The first-order valence-electron chi connectivity index (χ1n) is 5.40. The van der Waals surface area contributed by atoms with E-state index in [0.717, 1.165) is 0 Å². The number of nitrogens with one attached hydrogen (secondary N) is 1. The molecule has 0 aliphatic heterocycles. The highest BCUT2D eigenvalue weighted by atomic mass is 79.9. The number of carbonyl (C=O) groups is 1. The van der Waals surface area contributed by atoms with Gasteiger partial charge in [-0.1, -0.05) is 6.92 Å². The van der Waals surface area contributed by atoms with E-state index in [9.17, 15) is 9.18 Å². The number of benzene rings is 1. The normalized spacial score (nSPS) is 12.0. The molecule has 0 fully saturated rings. The van der Waals surface area contributed by atoms with E-state index < -0.39 is 0 Å². The number of halogens is 2. The fraction of sp³-hybridized carbons (Fsp3) is 0.417. The van der Waals surface area contributed by atoms with Gasteiger partial charge in [0.05, 0.1) is 17.0 Å². The average Bonchev–Trinajstić information content (AvgIpc) is 2.30. The molecule has 0 radical (unpaired) electrons. The number of hydrogen-bond donors (Lipinski definition) is 1. The number of ether oxygens (including phenoxy) is 1. The molecule has 0 aliphatic rings. The molecule has 0 spiro atoms. The van der Waals surface area contributed by atoms with E-state index in [0.29, 0.717) is 23.3 Å². The molecular formula is C12H15BrFNO2. The minimum atomic E-state index is -0.334. The summed E-state index contributed by atoms with van der Waals surface area (Å²) in [5.41, 5.74) is 0.641. The Hall–Kier alpha value is -1.10. The second kappa shape index (κ2) is 6.59. The molecule has 5 heteroatoms. The van der Waals surface area contributed by atoms with Crippen LogP contribution in [-0.2, 0) is 9.53 Å². The fourth-order valence-electron chi connectivity index (χ4n) is 1.24. The number of anilines is 1. The largest absolute Gasteiger partial charge is 0.466 e. The van der Waals surface area contributed by atoms with Gasteiger partial charge in [-0.3, -0.25) is 4.79 Å². The van der Waals surface area contributed by atoms with Crippen molar-refractivity contribution in [1.82, 2.24) is 0 Å². The van der Waals surface area contributed by atoms with Crippen molar-refractivity contribution in [2.75, 3.05) is 18.5 Å². The lowest BCUT2D eigenvalue weighted by Gasteiger charge is -2.12. The molecule has 1 aromatic carbocycles. The van der Waals surface area contributed by atoms with Gasteiger partial charge in [-0.15, -0.1) is 0 Å². The van der Waals surface area contributed by atoms with Gasteiger partial charge in [0.15, 0.2) is 0 Å². The highest BCUT2D eigenvalue weighted by Crippen LogP contribution is 2.19. The molecule has 0 amide bonds. The molecule has 3 nitrogen and oxygen atoms in total. The van der Waals surface area contributed by atoms with Crippen LogP contribution in [0.3, 0.4) is 0 Å². The molecular weight excluding hydrogens is 289 g/mol. The van der Waals surface area contributed by atoms with E-state index in [1.807, 2.05) is 0 Å². The summed E-state index contributed by atoms with van der Waals surface area (Å²) >= 11 is 3.08. The smallest absolute Gasteiger partial charge is 0.310 e. The Bertz CT molecular complexity index is 398. The summed E-state index contributed by atoms with van der Waals surface area (Å²) < 4.78 is 18.5. The molecule has 0 heterocycles. The molecule has 0 saturated carbocycles. The molecule has 0 bridgehead atoms. The van der Waals surface area contributed by atoms with Crippen LogP contribution in [0.15, 0.2) is 22.7 Å². The molecule has 0 saturated heterocycles. The number of esters is 1. The van der Waals surface area contributed by atoms with E-state index in [1.54, 1.807) is 26.0 Å². The summed E-state index contributed by atoms with van der Waals surface area (Å²) in [6.07, 6.45) is 0. The van der Waals surface area contributed by atoms with Gasteiger partial charge >= 0.3 is 5.97 Å². The summed E-state index contributed by atoms with van der Waals surface area (Å²) in [6.45, 7) is 4.32. The zero-order chi connectivity index (χ0) is 12.8. The number of rotatable bonds is 5. The quantitative estimate of drug-likeness (QED) is 0.849. The average molecular weight is 304 g/mol. The maximum absolute atomic E-state index is 13.2. The topological polar surface area (TPSA) is 38.3 Å². The summed E-state index contributed by atoms with van der Waals surface area (Å²) in [5.74, 6) is -0.849. The second-order valence-electron chi connectivity index (χ2n) is 3.66. The predicted octanol–water partition coefficient (Wildman–Crippen LogP) is 3.20. The van der Waals surface area contributed by atoms with Crippen LogP contribution in [0.5, 0.6) is 0 Å². The molecule has 94 valence electrons. The van der Waals surface area contributed by atoms with Crippen molar-refractivity contribution in [2.24, 2.45) is 5.92 Å². The first-order valence-corrected chi connectivity index (χ1v) is 6.19. The van der Waals surface area contributed by atoms with Crippen molar-refractivity contribution in [3.63, 3.8) is 0 Å². The van der Waals surface area contributed by atoms with Gasteiger partial charge in [-0.2, -0.15) is 0 Å². The van der Waals surface area contributed by atoms with Gasteiger partial charge in [0, 0.05) is 12.2 Å². The zero-order valence-corrected chi connectivity index (χ0v) is 11.4. The van der Waals surface area contributed by atoms with Crippen LogP contribution in [0, 0.1) is 11.7 Å². The first-order chi connectivity index (χ1) is 8.04. The van der Waals surface area contributed by atoms with Crippen molar-refractivity contribution < 1.29 is 13.9 Å². The predicted molar refractivity (Wildman–Crippen MR) is 68.4 cm³/mol. The standard InChI is InChI=1S/C12H15BrFNO2/c1-3-17-12(16)8(2)7-15-9-4-5-10(13)11(14)6-9/h4-6,8,15H,3,7H2,1-2H3. The minimum Gasteiger partial charge on any atom is -0.466 e. The van der Waals surface area contributed by atoms with Crippen LogP contribution in [0.2, 0.25) is 0 Å². The number of carbonyl (C=O) groups excluding carboxylic acids is 1. The van der Waals surface area contributed by atoms with Gasteiger partial charge in [-0.25, -0.2) is 4.39 Å². The van der Waals surface area contributed by atoms with Crippen LogP contribution in [-0.4, -0.2) is 19.1 Å².